The number of nitrogens with one attached hydrogen (secondary N) is 1. The van der Waals surface area contributed by atoms with E-state index in [-0.39, 0.29) is 5.91 Å². The van der Waals surface area contributed by atoms with E-state index in [1.165, 1.54) is 38.1 Å². The van der Waals surface area contributed by atoms with E-state index in [9.17, 15) is 4.79 Å². The molecule has 0 radical (unpaired) electrons. The maximum atomic E-state index is 12.6. The van der Waals surface area contributed by atoms with Crippen LogP contribution >= 0.6 is 23.4 Å². The van der Waals surface area contributed by atoms with Crippen molar-refractivity contribution in [2.45, 2.75) is 31.0 Å². The van der Waals surface area contributed by atoms with Crippen LogP contribution in [-0.2, 0) is 6.54 Å². The summed E-state index contributed by atoms with van der Waals surface area (Å²) < 4.78 is 7.09. The second-order valence-electron chi connectivity index (χ2n) is 7.29. The van der Waals surface area contributed by atoms with Gasteiger partial charge in [-0.3, -0.25) is 4.79 Å². The maximum Gasteiger partial charge on any atom is 0.255 e. The van der Waals surface area contributed by atoms with E-state index >= 15 is 0 Å². The van der Waals surface area contributed by atoms with E-state index in [2.05, 4.69) is 20.3 Å². The van der Waals surface area contributed by atoms with Gasteiger partial charge >= 0.3 is 0 Å². The van der Waals surface area contributed by atoms with Crippen LogP contribution in [0.15, 0.2) is 29.6 Å². The highest BCUT2D eigenvalue weighted by atomic mass is 35.5. The second-order valence-corrected chi connectivity index (χ2v) is 8.50. The Balaban J connectivity index is 1.51. The summed E-state index contributed by atoms with van der Waals surface area (Å²) in [7, 11) is 1.53. The Labute approximate surface area is 190 Å². The van der Waals surface area contributed by atoms with Crippen molar-refractivity contribution in [2.24, 2.45) is 0 Å². The number of hydrogen-bond donors (Lipinski definition) is 1. The number of thioether (sulfide) groups is 1. The Morgan fingerprint density at radius 2 is 2.06 bits per heavy atom. The number of amides is 1. The van der Waals surface area contributed by atoms with Crippen LogP contribution in [-0.4, -0.2) is 58.7 Å². The van der Waals surface area contributed by atoms with Gasteiger partial charge in [0.1, 0.15) is 11.6 Å². The molecule has 164 valence electrons. The summed E-state index contributed by atoms with van der Waals surface area (Å²) in [6.07, 6.45) is 7.41. The molecule has 1 aromatic carbocycles. The molecule has 1 saturated heterocycles. The maximum absolute atomic E-state index is 12.6. The summed E-state index contributed by atoms with van der Waals surface area (Å²) in [5, 5.41) is 9.59. The molecule has 3 aromatic rings. The van der Waals surface area contributed by atoms with Gasteiger partial charge in [-0.25, -0.2) is 14.6 Å². The summed E-state index contributed by atoms with van der Waals surface area (Å²) in [6, 6.07) is 4.97. The highest BCUT2D eigenvalue weighted by molar-refractivity contribution is 7.98. The van der Waals surface area contributed by atoms with Crippen molar-refractivity contribution in [3.05, 3.63) is 35.0 Å². The fraction of sp³-hybridized carbons (Fsp3) is 0.429. The molecule has 1 amide bonds. The van der Waals surface area contributed by atoms with Gasteiger partial charge in [0.05, 0.1) is 30.8 Å². The molecule has 2 aromatic heterocycles. The van der Waals surface area contributed by atoms with E-state index in [0.717, 1.165) is 35.1 Å². The summed E-state index contributed by atoms with van der Waals surface area (Å²) >= 11 is 7.56. The summed E-state index contributed by atoms with van der Waals surface area (Å²) in [4.78, 5) is 24.4. The van der Waals surface area contributed by atoms with Gasteiger partial charge in [0, 0.05) is 24.7 Å². The number of benzene rings is 1. The fourth-order valence-corrected chi connectivity index (χ4v) is 4.28. The molecule has 0 atom stereocenters. The van der Waals surface area contributed by atoms with Gasteiger partial charge in [-0.05, 0) is 43.7 Å². The predicted molar refractivity (Wildman–Crippen MR) is 124 cm³/mol. The minimum Gasteiger partial charge on any atom is -0.496 e. The number of anilines is 1. The Hall–Kier alpha value is -2.52. The van der Waals surface area contributed by atoms with Gasteiger partial charge in [0.2, 0.25) is 0 Å². The molecular formula is C21H25ClN6O2S. The van der Waals surface area contributed by atoms with Crippen molar-refractivity contribution in [3.8, 4) is 5.75 Å². The lowest BCUT2D eigenvalue weighted by Gasteiger charge is -2.28. The lowest BCUT2D eigenvalue weighted by Crippen LogP contribution is -2.30. The summed E-state index contributed by atoms with van der Waals surface area (Å²) in [6.45, 7) is 2.89. The zero-order chi connectivity index (χ0) is 21.8. The molecule has 3 heterocycles. The minimum absolute atomic E-state index is 0.246. The molecule has 0 saturated carbocycles. The molecular weight excluding hydrogens is 436 g/mol. The average Bonchev–Trinajstić information content (AvgIpc) is 3.21. The molecule has 1 N–H and O–H groups in total. The van der Waals surface area contributed by atoms with Crippen LogP contribution < -0.4 is 15.0 Å². The number of piperidine rings is 1. The smallest absolute Gasteiger partial charge is 0.255 e. The van der Waals surface area contributed by atoms with E-state index in [1.807, 2.05) is 17.1 Å². The third-order valence-electron chi connectivity index (χ3n) is 5.31. The normalized spacial score (nSPS) is 14.1. The molecule has 1 aliphatic rings. The molecule has 1 aliphatic heterocycles. The number of aromatic nitrogens is 4. The van der Waals surface area contributed by atoms with Crippen molar-refractivity contribution in [1.29, 1.82) is 0 Å². The Kier molecular flexibility index (Phi) is 6.82. The quantitative estimate of drug-likeness (QED) is 0.425. The van der Waals surface area contributed by atoms with Crippen LogP contribution in [0.4, 0.5) is 5.82 Å². The first-order valence-electron chi connectivity index (χ1n) is 10.2. The highest BCUT2D eigenvalue weighted by Gasteiger charge is 2.20. The molecule has 0 aliphatic carbocycles. The van der Waals surface area contributed by atoms with E-state index < -0.39 is 0 Å². The van der Waals surface area contributed by atoms with Crippen molar-refractivity contribution in [3.63, 3.8) is 0 Å². The third-order valence-corrected chi connectivity index (χ3v) is 6.09. The molecule has 0 bridgehead atoms. The van der Waals surface area contributed by atoms with Crippen LogP contribution in [0.3, 0.4) is 0 Å². The number of ether oxygens (including phenoxy) is 1. The van der Waals surface area contributed by atoms with Gasteiger partial charge in [-0.15, -0.1) is 0 Å². The first-order valence-corrected chi connectivity index (χ1v) is 11.8. The molecule has 8 nitrogen and oxygen atoms in total. The number of methoxy groups -OCH3 is 1. The largest absolute Gasteiger partial charge is 0.496 e. The number of carbonyl (C=O) groups excluding carboxylic acids is 1. The minimum atomic E-state index is -0.246. The zero-order valence-corrected chi connectivity index (χ0v) is 19.2. The fourth-order valence-electron chi connectivity index (χ4n) is 3.75. The molecule has 0 spiro atoms. The van der Waals surface area contributed by atoms with Gasteiger partial charge < -0.3 is 15.0 Å². The zero-order valence-electron chi connectivity index (χ0n) is 17.6. The number of rotatable bonds is 7. The van der Waals surface area contributed by atoms with Crippen LogP contribution in [0.5, 0.6) is 5.75 Å². The van der Waals surface area contributed by atoms with Gasteiger partial charge in [-0.2, -0.15) is 5.10 Å². The van der Waals surface area contributed by atoms with E-state index in [4.69, 9.17) is 21.3 Å². The molecule has 10 heteroatoms. The van der Waals surface area contributed by atoms with Crippen molar-refractivity contribution < 1.29 is 9.53 Å². The van der Waals surface area contributed by atoms with E-state index in [0.29, 0.717) is 29.4 Å². The van der Waals surface area contributed by atoms with Gasteiger partial charge in [0.25, 0.3) is 5.91 Å². The van der Waals surface area contributed by atoms with Crippen molar-refractivity contribution in [2.75, 3.05) is 37.9 Å². The monoisotopic (exact) mass is 460 g/mol. The standard InChI is InChI=1S/C21H25ClN6O2S/c1-30-17-7-6-14(22)12-15(17)20(29)23-8-11-28-19-16(13-24-28)18(25-21(26-19)31-2)27-9-4-3-5-10-27/h6-7,12-13H,3-5,8-11H2,1-2H3,(H,23,29). The van der Waals surface area contributed by atoms with Crippen molar-refractivity contribution in [1.82, 2.24) is 25.1 Å². The van der Waals surface area contributed by atoms with E-state index in [1.54, 1.807) is 18.2 Å². The van der Waals surface area contributed by atoms with Crippen LogP contribution in [0, 0.1) is 0 Å². The number of carbonyl (C=O) groups is 1. The van der Waals surface area contributed by atoms with Crippen LogP contribution in [0.2, 0.25) is 5.02 Å². The first kappa shape index (κ1) is 21.7. The van der Waals surface area contributed by atoms with Crippen LogP contribution in [0.25, 0.3) is 11.0 Å². The first-order chi connectivity index (χ1) is 15.1. The Morgan fingerprint density at radius 1 is 1.26 bits per heavy atom. The number of hydrogen-bond acceptors (Lipinski definition) is 7. The third kappa shape index (κ3) is 4.72. The number of nitrogens with zero attached hydrogens (tertiary/aromatic N) is 5. The molecule has 1 fully saturated rings. The predicted octanol–water partition coefficient (Wildman–Crippen LogP) is 3.63. The molecule has 4 rings (SSSR count). The Bertz CT molecular complexity index is 1080. The van der Waals surface area contributed by atoms with Crippen molar-refractivity contribution >= 4 is 46.1 Å². The SMILES string of the molecule is COc1ccc(Cl)cc1C(=O)NCCn1ncc2c(N3CCCCC3)nc(SC)nc21. The lowest BCUT2D eigenvalue weighted by atomic mass is 10.1. The second kappa shape index (κ2) is 9.74. The summed E-state index contributed by atoms with van der Waals surface area (Å²) in [5.74, 6) is 1.19. The topological polar surface area (TPSA) is 85.2 Å². The number of halogens is 1. The van der Waals surface area contributed by atoms with Crippen LogP contribution in [0.1, 0.15) is 29.6 Å². The summed E-state index contributed by atoms with van der Waals surface area (Å²) in [5.41, 5.74) is 1.19. The molecule has 31 heavy (non-hydrogen) atoms. The number of fused-ring (bicyclic) bond motifs is 1. The van der Waals surface area contributed by atoms with Gasteiger partial charge in [-0.1, -0.05) is 23.4 Å². The molecule has 0 unspecified atom stereocenters. The average molecular weight is 461 g/mol. The Morgan fingerprint density at radius 3 is 2.81 bits per heavy atom. The lowest BCUT2D eigenvalue weighted by molar-refractivity contribution is 0.0949. The van der Waals surface area contributed by atoms with Gasteiger partial charge in [0.15, 0.2) is 10.8 Å². The highest BCUT2D eigenvalue weighted by Crippen LogP contribution is 2.28.